The Hall–Kier alpha value is -1.93. The molecule has 6 nitrogen and oxygen atoms in total. The van der Waals surface area contributed by atoms with Gasteiger partial charge in [0, 0.05) is 17.1 Å². The summed E-state index contributed by atoms with van der Waals surface area (Å²) in [6, 6.07) is 14.7. The van der Waals surface area contributed by atoms with Crippen molar-refractivity contribution in [1.29, 1.82) is 0 Å². The van der Waals surface area contributed by atoms with E-state index in [2.05, 4.69) is 10.6 Å². The van der Waals surface area contributed by atoms with E-state index >= 15 is 0 Å². The number of amides is 1. The number of halogens is 1. The molecule has 134 valence electrons. The Morgan fingerprint density at radius 3 is 2.40 bits per heavy atom. The Balaban J connectivity index is 1.91. The highest BCUT2D eigenvalue weighted by Gasteiger charge is 2.14. The highest BCUT2D eigenvalue weighted by molar-refractivity contribution is 7.85. The summed E-state index contributed by atoms with van der Waals surface area (Å²) in [4.78, 5) is 11.7. The van der Waals surface area contributed by atoms with E-state index in [0.717, 1.165) is 16.7 Å². The fourth-order valence-corrected chi connectivity index (χ4v) is 2.75. The highest BCUT2D eigenvalue weighted by atomic mass is 35.5. The fraction of sp³-hybridized carbons (Fsp3) is 0.235. The summed E-state index contributed by atoms with van der Waals surface area (Å²) in [6.07, 6.45) is 0. The molecule has 2 aromatic rings. The van der Waals surface area contributed by atoms with E-state index in [1.54, 1.807) is 6.92 Å². The summed E-state index contributed by atoms with van der Waals surface area (Å²) < 4.78 is 29.9. The lowest BCUT2D eigenvalue weighted by molar-refractivity contribution is -0.122. The van der Waals surface area contributed by atoms with Gasteiger partial charge in [-0.15, -0.1) is 0 Å². The maximum Gasteiger partial charge on any atom is 0.283 e. The van der Waals surface area contributed by atoms with Gasteiger partial charge in [0.25, 0.3) is 10.1 Å². The van der Waals surface area contributed by atoms with Gasteiger partial charge in [0.1, 0.15) is 5.88 Å². The third-order valence-corrected chi connectivity index (χ3v) is 4.41. The lowest BCUT2D eigenvalue weighted by Crippen LogP contribution is -2.43. The maximum absolute atomic E-state index is 11.7. The number of hydrogen-bond acceptors (Lipinski definition) is 4. The minimum Gasteiger partial charge on any atom is -0.339 e. The van der Waals surface area contributed by atoms with Crippen LogP contribution in [0.3, 0.4) is 0 Å². The molecule has 0 saturated carbocycles. The van der Waals surface area contributed by atoms with E-state index in [-0.39, 0.29) is 0 Å². The quantitative estimate of drug-likeness (QED) is 0.639. The normalized spacial score (nSPS) is 12.6. The van der Waals surface area contributed by atoms with Crippen molar-refractivity contribution in [3.05, 3.63) is 59.1 Å². The minimum absolute atomic E-state index is 0.434. The second-order valence-corrected chi connectivity index (χ2v) is 7.41. The summed E-state index contributed by atoms with van der Waals surface area (Å²) in [5, 5.41) is 5.81. The molecule has 2 aromatic carbocycles. The molecule has 0 bridgehead atoms. The zero-order chi connectivity index (χ0) is 18.4. The lowest BCUT2D eigenvalue weighted by Gasteiger charge is -2.14. The summed E-state index contributed by atoms with van der Waals surface area (Å²) in [6.45, 7) is 2.04. The van der Waals surface area contributed by atoms with Crippen molar-refractivity contribution in [2.75, 3.05) is 5.88 Å². The minimum atomic E-state index is -4.23. The smallest absolute Gasteiger partial charge is 0.283 e. The van der Waals surface area contributed by atoms with Crippen LogP contribution in [0.5, 0.6) is 0 Å². The molecule has 0 saturated heterocycles. The number of hydrogen-bond donors (Lipinski definition) is 3. The van der Waals surface area contributed by atoms with Gasteiger partial charge in [0.2, 0.25) is 5.91 Å². The average molecular weight is 383 g/mol. The van der Waals surface area contributed by atoms with Crippen molar-refractivity contribution >= 4 is 27.6 Å². The van der Waals surface area contributed by atoms with Crippen LogP contribution in [0.25, 0.3) is 11.1 Å². The van der Waals surface area contributed by atoms with Gasteiger partial charge in [-0.05, 0) is 24.1 Å². The number of benzene rings is 2. The Kier molecular flexibility index (Phi) is 6.55. The van der Waals surface area contributed by atoms with Gasteiger partial charge < -0.3 is 10.6 Å². The first-order valence-corrected chi connectivity index (χ1v) is 9.55. The molecule has 0 aliphatic heterocycles. The maximum atomic E-state index is 11.7. The van der Waals surface area contributed by atoms with Crippen LogP contribution in [0.2, 0.25) is 5.02 Å². The molecule has 1 amide bonds. The zero-order valence-electron chi connectivity index (χ0n) is 13.6. The summed E-state index contributed by atoms with van der Waals surface area (Å²) in [7, 11) is -4.23. The number of rotatable bonds is 7. The fourth-order valence-electron chi connectivity index (χ4n) is 2.18. The molecule has 0 fully saturated rings. The van der Waals surface area contributed by atoms with Gasteiger partial charge >= 0.3 is 0 Å². The van der Waals surface area contributed by atoms with Crippen LogP contribution in [0.4, 0.5) is 0 Å². The van der Waals surface area contributed by atoms with Crippen LogP contribution in [0.1, 0.15) is 12.5 Å². The Morgan fingerprint density at radius 2 is 1.80 bits per heavy atom. The van der Waals surface area contributed by atoms with E-state index in [9.17, 15) is 13.2 Å². The van der Waals surface area contributed by atoms with Gasteiger partial charge in [-0.25, -0.2) is 0 Å². The summed E-state index contributed by atoms with van der Waals surface area (Å²) in [5.74, 6) is -1.31. The number of carbonyl (C=O) groups excluding carboxylic acids is 1. The predicted octanol–water partition coefficient (Wildman–Crippen LogP) is 2.45. The van der Waals surface area contributed by atoms with Crippen LogP contribution < -0.4 is 10.6 Å². The molecule has 0 aromatic heterocycles. The molecule has 0 aliphatic rings. The Bertz CT molecular complexity index is 838. The largest absolute Gasteiger partial charge is 0.339 e. The standard InChI is InChI=1S/C17H19ClN2O4S/c1-12(17(21)20-11-25(22,23)24)19-10-13-6-8-14(9-7-13)15-4-2-3-5-16(15)18/h2-9,12,19H,10-11H2,1H3,(H,20,21)(H,22,23,24)/t12-/m0/s1. The molecular weight excluding hydrogens is 364 g/mol. The average Bonchev–Trinajstić information content (AvgIpc) is 2.58. The molecule has 0 spiro atoms. The second-order valence-electron chi connectivity index (χ2n) is 5.55. The van der Waals surface area contributed by atoms with Gasteiger partial charge in [0.05, 0.1) is 6.04 Å². The van der Waals surface area contributed by atoms with Crippen LogP contribution >= 0.6 is 11.6 Å². The van der Waals surface area contributed by atoms with E-state index in [1.807, 2.05) is 48.5 Å². The molecule has 0 aliphatic carbocycles. The topological polar surface area (TPSA) is 95.5 Å². The van der Waals surface area contributed by atoms with E-state index in [4.69, 9.17) is 16.2 Å². The van der Waals surface area contributed by atoms with Crippen molar-refractivity contribution in [3.8, 4) is 11.1 Å². The van der Waals surface area contributed by atoms with Crippen molar-refractivity contribution in [2.24, 2.45) is 0 Å². The number of nitrogens with one attached hydrogen (secondary N) is 2. The number of carbonyl (C=O) groups is 1. The molecule has 0 heterocycles. The van der Waals surface area contributed by atoms with Crippen LogP contribution in [0, 0.1) is 0 Å². The molecule has 0 unspecified atom stereocenters. The predicted molar refractivity (Wildman–Crippen MR) is 97.7 cm³/mol. The van der Waals surface area contributed by atoms with E-state index in [1.165, 1.54) is 0 Å². The lowest BCUT2D eigenvalue weighted by atomic mass is 10.0. The third kappa shape index (κ3) is 6.13. The van der Waals surface area contributed by atoms with Gasteiger partial charge in [-0.1, -0.05) is 54.1 Å². The first-order valence-electron chi connectivity index (χ1n) is 7.56. The van der Waals surface area contributed by atoms with Crippen LogP contribution in [0.15, 0.2) is 48.5 Å². The summed E-state index contributed by atoms with van der Waals surface area (Å²) in [5.41, 5.74) is 2.90. The molecule has 25 heavy (non-hydrogen) atoms. The second kappa shape index (κ2) is 8.44. The van der Waals surface area contributed by atoms with E-state index in [0.29, 0.717) is 11.6 Å². The van der Waals surface area contributed by atoms with Crippen molar-refractivity contribution in [2.45, 2.75) is 19.5 Å². The van der Waals surface area contributed by atoms with Gasteiger partial charge in [-0.3, -0.25) is 9.35 Å². The zero-order valence-corrected chi connectivity index (χ0v) is 15.1. The van der Waals surface area contributed by atoms with Crippen molar-refractivity contribution in [1.82, 2.24) is 10.6 Å². The first kappa shape index (κ1) is 19.4. The Labute approximate surface area is 152 Å². The van der Waals surface area contributed by atoms with E-state index < -0.39 is 27.9 Å². The molecule has 0 radical (unpaired) electrons. The van der Waals surface area contributed by atoms with Crippen molar-refractivity contribution < 1.29 is 17.8 Å². The van der Waals surface area contributed by atoms with Crippen LogP contribution in [-0.2, 0) is 21.5 Å². The Morgan fingerprint density at radius 1 is 1.16 bits per heavy atom. The van der Waals surface area contributed by atoms with Gasteiger partial charge in [0.15, 0.2) is 0 Å². The highest BCUT2D eigenvalue weighted by Crippen LogP contribution is 2.27. The third-order valence-electron chi connectivity index (χ3n) is 3.57. The summed E-state index contributed by atoms with van der Waals surface area (Å²) >= 11 is 6.18. The molecule has 3 N–H and O–H groups in total. The first-order chi connectivity index (χ1) is 11.8. The molecule has 1 atom stereocenters. The van der Waals surface area contributed by atoms with Crippen LogP contribution in [-0.4, -0.2) is 30.8 Å². The van der Waals surface area contributed by atoms with Crippen molar-refractivity contribution in [3.63, 3.8) is 0 Å². The molecular formula is C17H19ClN2O4S. The molecule has 8 heteroatoms. The molecule has 2 rings (SSSR count). The SMILES string of the molecule is C[C@H](NCc1ccc(-c2ccccc2Cl)cc1)C(=O)NCS(=O)(=O)O. The monoisotopic (exact) mass is 382 g/mol. The van der Waals surface area contributed by atoms with Gasteiger partial charge in [-0.2, -0.15) is 8.42 Å².